The van der Waals surface area contributed by atoms with Gasteiger partial charge in [0.05, 0.1) is 6.33 Å². The number of imidazole rings is 1. The van der Waals surface area contributed by atoms with Crippen LogP contribution >= 0.6 is 0 Å². The maximum absolute atomic E-state index is 12.8. The van der Waals surface area contributed by atoms with Gasteiger partial charge >= 0.3 is 6.03 Å². The molecule has 148 valence electrons. The molecular weight excluding hydrogens is 354 g/mol. The third-order valence-corrected chi connectivity index (χ3v) is 5.66. The van der Waals surface area contributed by atoms with Gasteiger partial charge in [-0.2, -0.15) is 0 Å². The van der Waals surface area contributed by atoms with Crippen LogP contribution in [-0.4, -0.2) is 46.0 Å². The highest BCUT2D eigenvalue weighted by atomic mass is 16.2. The Bertz CT molecular complexity index is 848. The van der Waals surface area contributed by atoms with Crippen molar-refractivity contribution in [1.29, 1.82) is 0 Å². The van der Waals surface area contributed by atoms with E-state index >= 15 is 0 Å². The molecule has 2 aliphatic heterocycles. The third-order valence-electron chi connectivity index (χ3n) is 5.66. The predicted octanol–water partition coefficient (Wildman–Crippen LogP) is 3.26. The van der Waals surface area contributed by atoms with Crippen molar-refractivity contribution < 1.29 is 9.59 Å². The molecule has 7 heteroatoms. The van der Waals surface area contributed by atoms with Crippen LogP contribution in [0.25, 0.3) is 0 Å². The van der Waals surface area contributed by atoms with Gasteiger partial charge in [-0.1, -0.05) is 6.07 Å². The summed E-state index contributed by atoms with van der Waals surface area (Å²) in [5.41, 5.74) is 2.69. The summed E-state index contributed by atoms with van der Waals surface area (Å²) in [6, 6.07) is 5.72. The lowest BCUT2D eigenvalue weighted by Crippen LogP contribution is -2.43. The highest BCUT2D eigenvalue weighted by molar-refractivity contribution is 5.97. The number of anilines is 2. The Hall–Kier alpha value is -2.83. The van der Waals surface area contributed by atoms with E-state index in [2.05, 4.69) is 14.9 Å². The van der Waals surface area contributed by atoms with Crippen LogP contribution in [0.2, 0.25) is 0 Å². The number of aryl methyl sites for hydroxylation is 1. The molecule has 0 saturated carbocycles. The van der Waals surface area contributed by atoms with Crippen LogP contribution in [0.5, 0.6) is 0 Å². The standard InChI is InChI=1S/C21H27N5O2/c1-16-6-7-18(12-19(16)26-10-3-5-20(26)27)23-21(28)25-9-2-4-17(14-25)13-24-11-8-22-15-24/h6-8,11-12,15,17H,2-5,9-10,13-14H2,1H3,(H,23,28)/t17-/m0/s1. The van der Waals surface area contributed by atoms with Crippen molar-refractivity contribution in [1.82, 2.24) is 14.5 Å². The first-order chi connectivity index (χ1) is 13.6. The molecule has 28 heavy (non-hydrogen) atoms. The quantitative estimate of drug-likeness (QED) is 0.884. The van der Waals surface area contributed by atoms with Crippen LogP contribution < -0.4 is 10.2 Å². The van der Waals surface area contributed by atoms with E-state index in [4.69, 9.17) is 0 Å². The Morgan fingerprint density at radius 3 is 2.93 bits per heavy atom. The van der Waals surface area contributed by atoms with Crippen molar-refractivity contribution in [2.45, 2.75) is 39.2 Å². The van der Waals surface area contributed by atoms with Crippen molar-refractivity contribution in [2.75, 3.05) is 29.9 Å². The number of urea groups is 1. The number of hydrogen-bond acceptors (Lipinski definition) is 3. The number of aromatic nitrogens is 2. The molecule has 4 rings (SSSR count). The number of nitrogens with zero attached hydrogens (tertiary/aromatic N) is 4. The summed E-state index contributed by atoms with van der Waals surface area (Å²) in [5, 5.41) is 3.03. The van der Waals surface area contributed by atoms with Crippen LogP contribution in [0.3, 0.4) is 0 Å². The minimum atomic E-state index is -0.0714. The molecule has 0 spiro atoms. The van der Waals surface area contributed by atoms with Gasteiger partial charge in [-0.25, -0.2) is 9.78 Å². The van der Waals surface area contributed by atoms with Gasteiger partial charge in [0.25, 0.3) is 0 Å². The molecule has 2 aliphatic rings. The molecule has 1 N–H and O–H groups in total. The molecular formula is C21H27N5O2. The lowest BCUT2D eigenvalue weighted by molar-refractivity contribution is -0.117. The molecule has 0 bridgehead atoms. The van der Waals surface area contributed by atoms with Gasteiger partial charge in [-0.3, -0.25) is 4.79 Å². The number of carbonyl (C=O) groups is 2. The minimum absolute atomic E-state index is 0.0714. The average molecular weight is 381 g/mol. The van der Waals surface area contributed by atoms with E-state index in [9.17, 15) is 9.59 Å². The van der Waals surface area contributed by atoms with Crippen molar-refractivity contribution in [2.24, 2.45) is 5.92 Å². The average Bonchev–Trinajstić information content (AvgIpc) is 3.35. The highest BCUT2D eigenvalue weighted by Gasteiger charge is 2.25. The second kappa shape index (κ2) is 8.04. The van der Waals surface area contributed by atoms with Gasteiger partial charge in [0.2, 0.25) is 5.91 Å². The van der Waals surface area contributed by atoms with Crippen LogP contribution in [0.1, 0.15) is 31.2 Å². The summed E-state index contributed by atoms with van der Waals surface area (Å²) in [5.74, 6) is 0.592. The fourth-order valence-corrected chi connectivity index (χ4v) is 4.17. The van der Waals surface area contributed by atoms with Crippen LogP contribution in [0, 0.1) is 12.8 Å². The number of nitrogens with one attached hydrogen (secondary N) is 1. The third kappa shape index (κ3) is 4.03. The topological polar surface area (TPSA) is 70.5 Å². The first-order valence-electron chi connectivity index (χ1n) is 10.0. The maximum atomic E-state index is 12.8. The van der Waals surface area contributed by atoms with E-state index in [-0.39, 0.29) is 11.9 Å². The molecule has 0 radical (unpaired) electrons. The molecule has 0 unspecified atom stereocenters. The van der Waals surface area contributed by atoms with E-state index in [0.717, 1.165) is 62.4 Å². The van der Waals surface area contributed by atoms with Gasteiger partial charge in [-0.15, -0.1) is 0 Å². The number of carbonyl (C=O) groups excluding carboxylic acids is 2. The van der Waals surface area contributed by atoms with E-state index < -0.39 is 0 Å². The van der Waals surface area contributed by atoms with Crippen molar-refractivity contribution in [3.8, 4) is 0 Å². The Morgan fingerprint density at radius 1 is 1.29 bits per heavy atom. The number of piperidine rings is 1. The molecule has 1 aromatic heterocycles. The lowest BCUT2D eigenvalue weighted by Gasteiger charge is -2.33. The number of rotatable bonds is 4. The Kier molecular flexibility index (Phi) is 5.32. The van der Waals surface area contributed by atoms with Crippen LogP contribution in [0.4, 0.5) is 16.2 Å². The summed E-state index contributed by atoms with van der Waals surface area (Å²) in [6.45, 7) is 5.15. The fourth-order valence-electron chi connectivity index (χ4n) is 4.17. The summed E-state index contributed by atoms with van der Waals surface area (Å²) >= 11 is 0. The molecule has 3 heterocycles. The first-order valence-corrected chi connectivity index (χ1v) is 10.0. The summed E-state index contributed by atoms with van der Waals surface area (Å²) < 4.78 is 2.07. The Balaban J connectivity index is 1.41. The van der Waals surface area contributed by atoms with Crippen LogP contribution in [0.15, 0.2) is 36.9 Å². The first kappa shape index (κ1) is 18.5. The zero-order valence-electron chi connectivity index (χ0n) is 16.3. The zero-order valence-corrected chi connectivity index (χ0v) is 16.3. The number of likely N-dealkylation sites (tertiary alicyclic amines) is 1. The molecule has 2 aromatic rings. The Labute approximate surface area is 165 Å². The second-order valence-corrected chi connectivity index (χ2v) is 7.79. The van der Waals surface area contributed by atoms with Crippen molar-refractivity contribution >= 4 is 23.3 Å². The fraction of sp³-hybridized carbons (Fsp3) is 0.476. The number of hydrogen-bond donors (Lipinski definition) is 1. The molecule has 7 nitrogen and oxygen atoms in total. The minimum Gasteiger partial charge on any atom is -0.337 e. The number of amides is 3. The van der Waals surface area contributed by atoms with Gasteiger partial charge in [0.15, 0.2) is 0 Å². The SMILES string of the molecule is Cc1ccc(NC(=O)N2CCC[C@@H](Cn3ccnc3)C2)cc1N1CCCC1=O. The summed E-state index contributed by atoms with van der Waals surface area (Å²) in [7, 11) is 0. The monoisotopic (exact) mass is 381 g/mol. The molecule has 1 aromatic carbocycles. The highest BCUT2D eigenvalue weighted by Crippen LogP contribution is 2.28. The van der Waals surface area contributed by atoms with Gasteiger partial charge in [-0.05, 0) is 49.8 Å². The lowest BCUT2D eigenvalue weighted by atomic mass is 9.98. The van der Waals surface area contributed by atoms with Crippen molar-refractivity contribution in [3.05, 3.63) is 42.5 Å². The molecule has 2 saturated heterocycles. The summed E-state index contributed by atoms with van der Waals surface area (Å²) in [4.78, 5) is 32.7. The Morgan fingerprint density at radius 2 is 2.18 bits per heavy atom. The van der Waals surface area contributed by atoms with E-state index in [1.54, 1.807) is 6.20 Å². The second-order valence-electron chi connectivity index (χ2n) is 7.79. The smallest absolute Gasteiger partial charge is 0.321 e. The van der Waals surface area contributed by atoms with Gasteiger partial charge in [0, 0.05) is 56.4 Å². The van der Waals surface area contributed by atoms with Gasteiger partial charge < -0.3 is 19.7 Å². The molecule has 0 aliphatic carbocycles. The molecule has 2 fully saturated rings. The largest absolute Gasteiger partial charge is 0.337 e. The van der Waals surface area contributed by atoms with E-state index in [1.807, 2.05) is 47.4 Å². The predicted molar refractivity (Wildman–Crippen MR) is 108 cm³/mol. The maximum Gasteiger partial charge on any atom is 0.321 e. The normalized spacial score (nSPS) is 19.9. The zero-order chi connectivity index (χ0) is 19.5. The van der Waals surface area contributed by atoms with Crippen molar-refractivity contribution in [3.63, 3.8) is 0 Å². The molecule has 1 atom stereocenters. The van der Waals surface area contributed by atoms with E-state index in [1.165, 1.54) is 0 Å². The molecule has 3 amide bonds. The summed E-state index contributed by atoms with van der Waals surface area (Å²) in [6.07, 6.45) is 9.19. The number of benzene rings is 1. The van der Waals surface area contributed by atoms with E-state index in [0.29, 0.717) is 12.3 Å². The van der Waals surface area contributed by atoms with Gasteiger partial charge in [0.1, 0.15) is 0 Å². The van der Waals surface area contributed by atoms with Crippen LogP contribution in [-0.2, 0) is 11.3 Å².